The number of aryl methyl sites for hydroxylation is 1. The molecule has 10 heteroatoms. The van der Waals surface area contributed by atoms with Crippen molar-refractivity contribution in [2.75, 3.05) is 11.9 Å². The minimum absolute atomic E-state index is 0.0464. The van der Waals surface area contributed by atoms with Gasteiger partial charge in [-0.1, -0.05) is 60.7 Å². The molecule has 0 atom stereocenters. The lowest BCUT2D eigenvalue weighted by atomic mass is 9.85. The lowest BCUT2D eigenvalue weighted by Crippen LogP contribution is -2.32. The number of halogens is 1. The summed E-state index contributed by atoms with van der Waals surface area (Å²) in [7, 11) is 0. The van der Waals surface area contributed by atoms with Gasteiger partial charge >= 0.3 is 0 Å². The standard InChI is InChI=1S/C27H25IN6O3/c1-2-34-22-15-21(25(36)30-20-16-29-33(17-20)13-14-35)23(28)31-24(22)32-26(34)27(37,18-9-5-3-6-10-18)19-11-7-4-8-12-19/h3-12,15-17,35,37H,2,13-14H2,1H3,(H,30,36). The predicted molar refractivity (Wildman–Crippen MR) is 148 cm³/mol. The lowest BCUT2D eigenvalue weighted by Gasteiger charge is -2.29. The normalized spacial score (nSPS) is 11.7. The minimum atomic E-state index is -1.53. The van der Waals surface area contributed by atoms with Crippen LogP contribution in [0.2, 0.25) is 0 Å². The number of nitrogens with zero attached hydrogens (tertiary/aromatic N) is 5. The van der Waals surface area contributed by atoms with E-state index in [2.05, 4.69) is 15.4 Å². The second kappa shape index (κ2) is 10.4. The highest BCUT2D eigenvalue weighted by atomic mass is 127. The number of fused-ring (bicyclic) bond motifs is 1. The summed E-state index contributed by atoms with van der Waals surface area (Å²) in [5.41, 5.74) is 1.81. The molecule has 5 rings (SSSR count). The Balaban J connectivity index is 1.62. The van der Waals surface area contributed by atoms with E-state index in [4.69, 9.17) is 10.1 Å². The van der Waals surface area contributed by atoms with Gasteiger partial charge in [0.25, 0.3) is 5.91 Å². The molecule has 3 N–H and O–H groups in total. The Kier molecular flexibility index (Phi) is 7.04. The van der Waals surface area contributed by atoms with Crippen molar-refractivity contribution in [3.63, 3.8) is 0 Å². The Labute approximate surface area is 227 Å². The summed E-state index contributed by atoms with van der Waals surface area (Å²) in [6.07, 6.45) is 3.18. The van der Waals surface area contributed by atoms with Crippen LogP contribution in [0, 0.1) is 3.70 Å². The highest BCUT2D eigenvalue weighted by Gasteiger charge is 2.39. The monoisotopic (exact) mass is 608 g/mol. The molecular formula is C27H25IN6O3. The number of rotatable bonds is 8. The summed E-state index contributed by atoms with van der Waals surface area (Å²) in [4.78, 5) is 22.6. The third-order valence-corrected chi connectivity index (χ3v) is 7.00. The topological polar surface area (TPSA) is 118 Å². The van der Waals surface area contributed by atoms with Crippen molar-refractivity contribution in [3.05, 3.63) is 105 Å². The van der Waals surface area contributed by atoms with Crippen LogP contribution in [0.25, 0.3) is 11.2 Å². The Morgan fingerprint density at radius 3 is 2.30 bits per heavy atom. The molecule has 0 aliphatic carbocycles. The number of carbonyl (C=O) groups is 1. The van der Waals surface area contributed by atoms with E-state index >= 15 is 0 Å². The molecule has 37 heavy (non-hydrogen) atoms. The first kappa shape index (κ1) is 25.1. The Morgan fingerprint density at radius 1 is 1.05 bits per heavy atom. The maximum atomic E-state index is 13.2. The fourth-order valence-corrected chi connectivity index (χ4v) is 5.05. The molecular weight excluding hydrogens is 583 g/mol. The second-order valence-corrected chi connectivity index (χ2v) is 9.48. The van der Waals surface area contributed by atoms with Gasteiger partial charge in [0.1, 0.15) is 3.70 Å². The van der Waals surface area contributed by atoms with Crippen molar-refractivity contribution in [1.82, 2.24) is 24.3 Å². The molecule has 2 aromatic carbocycles. The molecule has 9 nitrogen and oxygen atoms in total. The van der Waals surface area contributed by atoms with Crippen LogP contribution in [0.15, 0.2) is 79.1 Å². The summed E-state index contributed by atoms with van der Waals surface area (Å²) >= 11 is 2.02. The molecule has 0 unspecified atom stereocenters. The zero-order chi connectivity index (χ0) is 26.0. The van der Waals surface area contributed by atoms with Gasteiger partial charge in [0.2, 0.25) is 0 Å². The summed E-state index contributed by atoms with van der Waals surface area (Å²) < 4.78 is 3.93. The molecule has 0 saturated carbocycles. The number of benzene rings is 2. The van der Waals surface area contributed by atoms with Gasteiger partial charge in [0.05, 0.1) is 36.1 Å². The number of hydrogen-bond donors (Lipinski definition) is 3. The summed E-state index contributed by atoms with van der Waals surface area (Å²) in [6, 6.07) is 20.6. The molecule has 0 saturated heterocycles. The first-order valence-corrected chi connectivity index (χ1v) is 12.9. The van der Waals surface area contributed by atoms with Crippen LogP contribution in [-0.4, -0.2) is 47.0 Å². The smallest absolute Gasteiger partial charge is 0.258 e. The molecule has 0 aliphatic heterocycles. The third kappa shape index (κ3) is 4.63. The van der Waals surface area contributed by atoms with Crippen molar-refractivity contribution < 1.29 is 15.0 Å². The van der Waals surface area contributed by atoms with Gasteiger partial charge in [-0.05, 0) is 46.7 Å². The van der Waals surface area contributed by atoms with E-state index in [1.54, 1.807) is 16.9 Å². The van der Waals surface area contributed by atoms with E-state index in [-0.39, 0.29) is 12.5 Å². The van der Waals surface area contributed by atoms with Gasteiger partial charge in [-0.15, -0.1) is 0 Å². The largest absolute Gasteiger partial charge is 0.394 e. The molecule has 5 aromatic rings. The first-order chi connectivity index (χ1) is 18.0. The second-order valence-electron chi connectivity index (χ2n) is 8.46. The minimum Gasteiger partial charge on any atom is -0.394 e. The molecule has 188 valence electrons. The Morgan fingerprint density at radius 2 is 1.70 bits per heavy atom. The van der Waals surface area contributed by atoms with Crippen LogP contribution in [0.1, 0.15) is 34.2 Å². The van der Waals surface area contributed by atoms with Crippen LogP contribution in [-0.2, 0) is 18.7 Å². The van der Waals surface area contributed by atoms with E-state index in [0.717, 1.165) is 0 Å². The fourth-order valence-electron chi connectivity index (χ4n) is 4.42. The van der Waals surface area contributed by atoms with Gasteiger partial charge in [0.15, 0.2) is 17.1 Å². The summed E-state index contributed by atoms with van der Waals surface area (Å²) in [6.45, 7) is 2.76. The van der Waals surface area contributed by atoms with Crippen LogP contribution < -0.4 is 5.32 Å². The Bertz CT molecular complexity index is 1510. The maximum Gasteiger partial charge on any atom is 0.258 e. The predicted octanol–water partition coefficient (Wildman–Crippen LogP) is 3.78. The van der Waals surface area contributed by atoms with E-state index in [0.29, 0.717) is 56.2 Å². The van der Waals surface area contributed by atoms with Gasteiger partial charge < -0.3 is 20.1 Å². The molecule has 0 fully saturated rings. The molecule has 0 spiro atoms. The van der Waals surface area contributed by atoms with Crippen molar-refractivity contribution in [2.24, 2.45) is 0 Å². The highest BCUT2D eigenvalue weighted by molar-refractivity contribution is 14.1. The van der Waals surface area contributed by atoms with Crippen molar-refractivity contribution in [3.8, 4) is 0 Å². The SMILES string of the molecule is CCn1c(C(O)(c2ccccc2)c2ccccc2)nc2nc(I)c(C(=O)Nc3cnn(CCO)c3)cc21. The number of carbonyl (C=O) groups excluding carboxylic acids is 1. The number of amides is 1. The number of nitrogens with one attached hydrogen (secondary N) is 1. The van der Waals surface area contributed by atoms with Crippen molar-refractivity contribution in [1.29, 1.82) is 0 Å². The van der Waals surface area contributed by atoms with Gasteiger partial charge in [-0.2, -0.15) is 5.10 Å². The summed E-state index contributed by atoms with van der Waals surface area (Å²) in [5, 5.41) is 28.4. The zero-order valence-corrected chi connectivity index (χ0v) is 22.2. The van der Waals surface area contributed by atoms with Crippen LogP contribution in [0.4, 0.5) is 5.69 Å². The molecule has 3 heterocycles. The first-order valence-electron chi connectivity index (χ1n) is 11.8. The number of pyridine rings is 1. The van der Waals surface area contributed by atoms with Crippen LogP contribution in [0.3, 0.4) is 0 Å². The molecule has 0 bridgehead atoms. The number of aliphatic hydroxyl groups is 2. The quantitative estimate of drug-likeness (QED) is 0.182. The molecule has 3 aromatic heterocycles. The van der Waals surface area contributed by atoms with Gasteiger partial charge in [-0.25, -0.2) is 9.97 Å². The number of aromatic nitrogens is 5. The highest BCUT2D eigenvalue weighted by Crippen LogP contribution is 2.37. The van der Waals surface area contributed by atoms with Crippen LogP contribution in [0.5, 0.6) is 0 Å². The van der Waals surface area contributed by atoms with Crippen molar-refractivity contribution in [2.45, 2.75) is 25.6 Å². The van der Waals surface area contributed by atoms with Gasteiger partial charge in [-0.3, -0.25) is 9.48 Å². The number of anilines is 1. The lowest BCUT2D eigenvalue weighted by molar-refractivity contribution is 0.102. The van der Waals surface area contributed by atoms with E-state index in [9.17, 15) is 9.90 Å². The molecule has 0 radical (unpaired) electrons. The summed E-state index contributed by atoms with van der Waals surface area (Å²) in [5.74, 6) is 0.0858. The van der Waals surface area contributed by atoms with E-state index in [1.165, 1.54) is 6.20 Å². The zero-order valence-electron chi connectivity index (χ0n) is 20.0. The third-order valence-electron chi connectivity index (χ3n) is 6.18. The number of imidazole rings is 1. The van der Waals surface area contributed by atoms with Crippen LogP contribution >= 0.6 is 22.6 Å². The maximum absolute atomic E-state index is 13.2. The van der Waals surface area contributed by atoms with E-state index in [1.807, 2.05) is 94.7 Å². The average molecular weight is 608 g/mol. The number of hydrogen-bond acceptors (Lipinski definition) is 6. The molecule has 0 aliphatic rings. The Hall–Kier alpha value is -3.61. The average Bonchev–Trinajstić information content (AvgIpc) is 3.52. The fraction of sp³-hybridized carbons (Fsp3) is 0.185. The number of aliphatic hydroxyl groups excluding tert-OH is 1. The molecule has 1 amide bonds. The van der Waals surface area contributed by atoms with Crippen molar-refractivity contribution >= 4 is 45.3 Å². The van der Waals surface area contributed by atoms with E-state index < -0.39 is 5.60 Å². The van der Waals surface area contributed by atoms with Gasteiger partial charge in [0, 0.05) is 12.7 Å².